The van der Waals surface area contributed by atoms with Crippen molar-refractivity contribution in [3.05, 3.63) is 12.7 Å². The van der Waals surface area contributed by atoms with Crippen LogP contribution in [-0.2, 0) is 4.79 Å². The summed E-state index contributed by atoms with van der Waals surface area (Å²) in [5, 5.41) is 8.68. The summed E-state index contributed by atoms with van der Waals surface area (Å²) in [4.78, 5) is 13.0. The summed E-state index contributed by atoms with van der Waals surface area (Å²) in [6, 6.07) is 0. The summed E-state index contributed by atoms with van der Waals surface area (Å²) in [5.41, 5.74) is 0. The first-order valence-corrected chi connectivity index (χ1v) is 4.27. The third-order valence-electron chi connectivity index (χ3n) is 2.18. The summed E-state index contributed by atoms with van der Waals surface area (Å²) < 4.78 is 0. The zero-order valence-corrected chi connectivity index (χ0v) is 7.20. The lowest BCUT2D eigenvalue weighted by Gasteiger charge is -2.13. The van der Waals surface area contributed by atoms with E-state index < -0.39 is 0 Å². The van der Waals surface area contributed by atoms with Crippen LogP contribution in [0.2, 0.25) is 0 Å². The predicted molar refractivity (Wildman–Crippen MR) is 46.6 cm³/mol. The Hall–Kier alpha value is -0.830. The van der Waals surface area contributed by atoms with Crippen molar-refractivity contribution in [1.82, 2.24) is 4.90 Å². The second kappa shape index (κ2) is 4.26. The van der Waals surface area contributed by atoms with Crippen molar-refractivity contribution in [2.24, 2.45) is 5.92 Å². The molecule has 1 unspecified atom stereocenters. The van der Waals surface area contributed by atoms with Gasteiger partial charge in [-0.2, -0.15) is 0 Å². The monoisotopic (exact) mass is 169 g/mol. The molecule has 0 aromatic rings. The van der Waals surface area contributed by atoms with Crippen LogP contribution in [-0.4, -0.2) is 35.6 Å². The third-order valence-corrected chi connectivity index (χ3v) is 2.18. The minimum atomic E-state index is 0.180. The number of likely N-dealkylation sites (tertiary alicyclic amines) is 1. The lowest BCUT2D eigenvalue weighted by molar-refractivity contribution is -0.127. The molecule has 1 aliphatic rings. The molecule has 1 saturated heterocycles. The van der Waals surface area contributed by atoms with Crippen LogP contribution in [0.15, 0.2) is 12.7 Å². The molecule has 0 spiro atoms. The maximum atomic E-state index is 11.2. The molecule has 1 atom stereocenters. The minimum absolute atomic E-state index is 0.180. The second-order valence-corrected chi connectivity index (χ2v) is 3.17. The van der Waals surface area contributed by atoms with Gasteiger partial charge in [-0.05, 0) is 12.3 Å². The van der Waals surface area contributed by atoms with Crippen LogP contribution in [0.3, 0.4) is 0 Å². The van der Waals surface area contributed by atoms with E-state index in [2.05, 4.69) is 6.58 Å². The van der Waals surface area contributed by atoms with Crippen LogP contribution in [0, 0.1) is 5.92 Å². The number of carbonyl (C=O) groups excluding carboxylic acids is 1. The van der Waals surface area contributed by atoms with Gasteiger partial charge in [0.05, 0.1) is 0 Å². The Morgan fingerprint density at radius 1 is 1.75 bits per heavy atom. The highest BCUT2D eigenvalue weighted by Gasteiger charge is 2.27. The van der Waals surface area contributed by atoms with Gasteiger partial charge in [-0.1, -0.05) is 6.08 Å². The van der Waals surface area contributed by atoms with Gasteiger partial charge in [0.2, 0.25) is 5.91 Å². The molecule has 0 aliphatic carbocycles. The molecule has 68 valence electrons. The molecular weight excluding hydrogens is 154 g/mol. The largest absolute Gasteiger partial charge is 0.396 e. The fourth-order valence-corrected chi connectivity index (χ4v) is 1.56. The van der Waals surface area contributed by atoms with Gasteiger partial charge in [0, 0.05) is 26.1 Å². The van der Waals surface area contributed by atoms with E-state index in [1.165, 1.54) is 0 Å². The van der Waals surface area contributed by atoms with Gasteiger partial charge < -0.3 is 10.0 Å². The number of aliphatic hydroxyl groups is 1. The van der Waals surface area contributed by atoms with Gasteiger partial charge >= 0.3 is 0 Å². The second-order valence-electron chi connectivity index (χ2n) is 3.17. The van der Waals surface area contributed by atoms with E-state index >= 15 is 0 Å². The molecule has 1 amide bonds. The molecule has 0 aromatic carbocycles. The van der Waals surface area contributed by atoms with Gasteiger partial charge in [-0.15, -0.1) is 6.58 Å². The number of hydrogen-bond donors (Lipinski definition) is 1. The normalized spacial score (nSPS) is 23.2. The van der Waals surface area contributed by atoms with Crippen LogP contribution < -0.4 is 0 Å². The molecule has 0 aromatic heterocycles. The minimum Gasteiger partial charge on any atom is -0.396 e. The molecule has 1 N–H and O–H groups in total. The van der Waals surface area contributed by atoms with E-state index in [1.54, 1.807) is 11.0 Å². The first-order chi connectivity index (χ1) is 5.77. The van der Waals surface area contributed by atoms with Crippen molar-refractivity contribution in [2.45, 2.75) is 12.8 Å². The SMILES string of the molecule is C=CCN1CC(CCO)CC1=O. The highest BCUT2D eigenvalue weighted by molar-refractivity contribution is 5.78. The average molecular weight is 169 g/mol. The molecule has 1 fully saturated rings. The first-order valence-electron chi connectivity index (χ1n) is 4.27. The molecule has 1 heterocycles. The predicted octanol–water partition coefficient (Wildman–Crippen LogP) is 0.403. The van der Waals surface area contributed by atoms with E-state index in [0.717, 1.165) is 13.0 Å². The zero-order valence-electron chi connectivity index (χ0n) is 7.20. The molecule has 12 heavy (non-hydrogen) atoms. The van der Waals surface area contributed by atoms with E-state index in [1.807, 2.05) is 0 Å². The van der Waals surface area contributed by atoms with Crippen molar-refractivity contribution in [3.8, 4) is 0 Å². The van der Waals surface area contributed by atoms with Crippen molar-refractivity contribution in [3.63, 3.8) is 0 Å². The van der Waals surface area contributed by atoms with Gasteiger partial charge in [-0.25, -0.2) is 0 Å². The fraction of sp³-hybridized carbons (Fsp3) is 0.667. The number of amides is 1. The lowest BCUT2D eigenvalue weighted by Crippen LogP contribution is -2.25. The molecule has 1 aliphatic heterocycles. The third kappa shape index (κ3) is 2.08. The van der Waals surface area contributed by atoms with Crippen LogP contribution in [0.4, 0.5) is 0 Å². The van der Waals surface area contributed by atoms with Crippen LogP contribution in [0.25, 0.3) is 0 Å². The maximum Gasteiger partial charge on any atom is 0.223 e. The smallest absolute Gasteiger partial charge is 0.223 e. The maximum absolute atomic E-state index is 11.2. The summed E-state index contributed by atoms with van der Waals surface area (Å²) in [6.45, 7) is 5.19. The topological polar surface area (TPSA) is 40.5 Å². The zero-order chi connectivity index (χ0) is 8.97. The Bertz CT molecular complexity index is 179. The highest BCUT2D eigenvalue weighted by Crippen LogP contribution is 2.19. The van der Waals surface area contributed by atoms with E-state index in [0.29, 0.717) is 18.9 Å². The van der Waals surface area contributed by atoms with Gasteiger partial charge in [0.25, 0.3) is 0 Å². The number of rotatable bonds is 4. The van der Waals surface area contributed by atoms with E-state index in [-0.39, 0.29) is 12.5 Å². The standard InChI is InChI=1S/C9H15NO2/c1-2-4-10-7-8(3-5-11)6-9(10)12/h2,8,11H,1,3-7H2. The molecule has 0 bridgehead atoms. The van der Waals surface area contributed by atoms with Crippen LogP contribution in [0.1, 0.15) is 12.8 Å². The Balaban J connectivity index is 2.38. The van der Waals surface area contributed by atoms with Gasteiger partial charge in [-0.3, -0.25) is 4.79 Å². The Labute approximate surface area is 72.7 Å². The average Bonchev–Trinajstić information content (AvgIpc) is 2.34. The molecule has 3 heteroatoms. The van der Waals surface area contributed by atoms with Crippen LogP contribution >= 0.6 is 0 Å². The molecular formula is C9H15NO2. The summed E-state index contributed by atoms with van der Waals surface area (Å²) >= 11 is 0. The molecule has 1 rings (SSSR count). The summed E-state index contributed by atoms with van der Waals surface area (Å²) in [5.74, 6) is 0.538. The van der Waals surface area contributed by atoms with Crippen molar-refractivity contribution < 1.29 is 9.90 Å². The summed E-state index contributed by atoms with van der Waals surface area (Å²) in [6.07, 6.45) is 3.06. The lowest BCUT2D eigenvalue weighted by atomic mass is 10.1. The molecule has 0 radical (unpaired) electrons. The number of carbonyl (C=O) groups is 1. The Morgan fingerprint density at radius 3 is 3.08 bits per heavy atom. The van der Waals surface area contributed by atoms with E-state index in [9.17, 15) is 4.79 Å². The quantitative estimate of drug-likeness (QED) is 0.619. The first kappa shape index (κ1) is 9.26. The Morgan fingerprint density at radius 2 is 2.50 bits per heavy atom. The van der Waals surface area contributed by atoms with Gasteiger partial charge in [0.15, 0.2) is 0 Å². The van der Waals surface area contributed by atoms with Crippen molar-refractivity contribution in [1.29, 1.82) is 0 Å². The number of aliphatic hydroxyl groups excluding tert-OH is 1. The van der Waals surface area contributed by atoms with E-state index in [4.69, 9.17) is 5.11 Å². The molecule has 3 nitrogen and oxygen atoms in total. The van der Waals surface area contributed by atoms with Gasteiger partial charge in [0.1, 0.15) is 0 Å². The van der Waals surface area contributed by atoms with Crippen molar-refractivity contribution >= 4 is 5.91 Å². The van der Waals surface area contributed by atoms with Crippen molar-refractivity contribution in [2.75, 3.05) is 19.7 Å². The fourth-order valence-electron chi connectivity index (χ4n) is 1.56. The highest BCUT2D eigenvalue weighted by atomic mass is 16.3. The van der Waals surface area contributed by atoms with Crippen LogP contribution in [0.5, 0.6) is 0 Å². The Kier molecular flexibility index (Phi) is 3.29. The number of nitrogens with zero attached hydrogens (tertiary/aromatic N) is 1. The summed E-state index contributed by atoms with van der Waals surface area (Å²) in [7, 11) is 0. The molecule has 0 saturated carbocycles. The number of hydrogen-bond acceptors (Lipinski definition) is 2.